The lowest BCUT2D eigenvalue weighted by Gasteiger charge is -2.01. The third-order valence-electron chi connectivity index (χ3n) is 2.57. The van der Waals surface area contributed by atoms with Crippen molar-refractivity contribution < 1.29 is 18.7 Å². The number of furan rings is 1. The fraction of sp³-hybridized carbons (Fsp3) is 0.125. The van der Waals surface area contributed by atoms with E-state index in [1.807, 2.05) is 6.07 Å². The van der Waals surface area contributed by atoms with Gasteiger partial charge in [-0.2, -0.15) is 0 Å². The number of esters is 1. The van der Waals surface area contributed by atoms with Crippen molar-refractivity contribution in [1.82, 2.24) is 0 Å². The number of ether oxygens (including phenoxy) is 1. The van der Waals surface area contributed by atoms with Gasteiger partial charge in [-0.15, -0.1) is 0 Å². The first kappa shape index (κ1) is 13.8. The molecule has 0 unspecified atom stereocenters. The molecule has 4 nitrogen and oxygen atoms in total. The Hall–Kier alpha value is -2.62. The number of carbonyl (C=O) groups excluding carboxylic acids is 2. The third kappa shape index (κ3) is 4.24. The van der Waals surface area contributed by atoms with Gasteiger partial charge in [0, 0.05) is 5.56 Å². The number of rotatable bonds is 6. The van der Waals surface area contributed by atoms with E-state index in [9.17, 15) is 9.59 Å². The fourth-order valence-electron chi connectivity index (χ4n) is 1.60. The van der Waals surface area contributed by atoms with Gasteiger partial charge in [-0.1, -0.05) is 30.3 Å². The second-order valence-corrected chi connectivity index (χ2v) is 4.07. The van der Waals surface area contributed by atoms with Crippen LogP contribution in [0.5, 0.6) is 0 Å². The molecular weight excluding hydrogens is 256 g/mol. The Morgan fingerprint density at radius 3 is 2.60 bits per heavy atom. The lowest BCUT2D eigenvalue weighted by atomic mass is 10.1. The maximum Gasteiger partial charge on any atom is 0.314 e. The number of benzene rings is 1. The van der Waals surface area contributed by atoms with Crippen LogP contribution in [0.15, 0.2) is 59.2 Å². The molecule has 0 saturated carbocycles. The number of Topliss-reactive ketones (excluding diaryl/α,β-unsaturated/α-hetero) is 1. The zero-order valence-electron chi connectivity index (χ0n) is 10.8. The third-order valence-corrected chi connectivity index (χ3v) is 2.57. The monoisotopic (exact) mass is 270 g/mol. The summed E-state index contributed by atoms with van der Waals surface area (Å²) < 4.78 is 10.0. The van der Waals surface area contributed by atoms with Gasteiger partial charge < -0.3 is 9.15 Å². The first-order valence-electron chi connectivity index (χ1n) is 6.19. The summed E-state index contributed by atoms with van der Waals surface area (Å²) in [5, 5.41) is 0. The smallest absolute Gasteiger partial charge is 0.314 e. The van der Waals surface area contributed by atoms with Crippen molar-refractivity contribution in [1.29, 1.82) is 0 Å². The van der Waals surface area contributed by atoms with Crippen molar-refractivity contribution in [3.63, 3.8) is 0 Å². The van der Waals surface area contributed by atoms with E-state index in [1.165, 1.54) is 0 Å². The van der Waals surface area contributed by atoms with Gasteiger partial charge in [0.2, 0.25) is 0 Å². The van der Waals surface area contributed by atoms with Crippen LogP contribution in [0.3, 0.4) is 0 Å². The Kier molecular flexibility index (Phi) is 4.89. The average Bonchev–Trinajstić information content (AvgIpc) is 2.98. The first-order chi connectivity index (χ1) is 9.75. The second kappa shape index (κ2) is 7.09. The Morgan fingerprint density at radius 2 is 1.90 bits per heavy atom. The highest BCUT2D eigenvalue weighted by Gasteiger charge is 2.11. The van der Waals surface area contributed by atoms with E-state index in [0.717, 1.165) is 0 Å². The summed E-state index contributed by atoms with van der Waals surface area (Å²) in [7, 11) is 0. The molecule has 0 radical (unpaired) electrons. The van der Waals surface area contributed by atoms with Crippen LogP contribution in [-0.2, 0) is 9.53 Å². The largest absolute Gasteiger partial charge is 0.465 e. The van der Waals surface area contributed by atoms with E-state index < -0.39 is 5.97 Å². The van der Waals surface area contributed by atoms with Gasteiger partial charge in [-0.05, 0) is 24.3 Å². The van der Waals surface area contributed by atoms with E-state index in [0.29, 0.717) is 11.3 Å². The van der Waals surface area contributed by atoms with Crippen LogP contribution in [0.25, 0.3) is 6.08 Å². The second-order valence-electron chi connectivity index (χ2n) is 4.07. The molecule has 1 aromatic heterocycles. The molecular formula is C16H14O4. The molecule has 0 aliphatic carbocycles. The van der Waals surface area contributed by atoms with Crippen molar-refractivity contribution in [2.45, 2.75) is 6.42 Å². The minimum absolute atomic E-state index is 0.113. The lowest BCUT2D eigenvalue weighted by Crippen LogP contribution is -2.11. The maximum atomic E-state index is 11.7. The molecule has 2 aromatic rings. The summed E-state index contributed by atoms with van der Waals surface area (Å²) in [6, 6.07) is 12.2. The van der Waals surface area contributed by atoms with E-state index in [4.69, 9.17) is 9.15 Å². The molecule has 0 saturated heterocycles. The predicted octanol–water partition coefficient (Wildman–Crippen LogP) is 3.11. The molecule has 0 aliphatic rings. The molecule has 20 heavy (non-hydrogen) atoms. The Balaban J connectivity index is 1.74. The summed E-state index contributed by atoms with van der Waals surface area (Å²) in [5.74, 6) is -0.102. The number of ketones is 1. The summed E-state index contributed by atoms with van der Waals surface area (Å²) in [5.41, 5.74) is 0.510. The van der Waals surface area contributed by atoms with E-state index >= 15 is 0 Å². The van der Waals surface area contributed by atoms with Gasteiger partial charge in [-0.3, -0.25) is 9.59 Å². The highest BCUT2D eigenvalue weighted by Crippen LogP contribution is 2.05. The highest BCUT2D eigenvalue weighted by molar-refractivity contribution is 6.05. The number of carbonyl (C=O) groups is 2. The van der Waals surface area contributed by atoms with Crippen molar-refractivity contribution in [3.8, 4) is 0 Å². The van der Waals surface area contributed by atoms with Gasteiger partial charge in [0.05, 0.1) is 6.26 Å². The molecule has 0 fully saturated rings. The summed E-state index contributed by atoms with van der Waals surface area (Å²) >= 11 is 0. The Morgan fingerprint density at radius 1 is 1.10 bits per heavy atom. The fourth-order valence-corrected chi connectivity index (χ4v) is 1.60. The molecule has 102 valence electrons. The van der Waals surface area contributed by atoms with Gasteiger partial charge in [-0.25, -0.2) is 0 Å². The minimum atomic E-state index is -0.539. The van der Waals surface area contributed by atoms with Crippen LogP contribution >= 0.6 is 0 Å². The molecule has 2 rings (SSSR count). The summed E-state index contributed by atoms with van der Waals surface area (Å²) in [4.78, 5) is 23.2. The Bertz CT molecular complexity index is 582. The van der Waals surface area contributed by atoms with Gasteiger partial charge >= 0.3 is 5.97 Å². The molecule has 0 amide bonds. The van der Waals surface area contributed by atoms with Gasteiger partial charge in [0.1, 0.15) is 18.8 Å². The number of hydrogen-bond donors (Lipinski definition) is 0. The van der Waals surface area contributed by atoms with Gasteiger partial charge in [0.15, 0.2) is 5.78 Å². The molecule has 0 aliphatic heterocycles. The molecule has 0 bridgehead atoms. The van der Waals surface area contributed by atoms with Crippen LogP contribution < -0.4 is 0 Å². The topological polar surface area (TPSA) is 56.5 Å². The molecule has 1 heterocycles. The zero-order chi connectivity index (χ0) is 14.2. The maximum absolute atomic E-state index is 11.7. The van der Waals surface area contributed by atoms with Crippen LogP contribution in [0, 0.1) is 0 Å². The van der Waals surface area contributed by atoms with E-state index in [2.05, 4.69) is 0 Å². The van der Waals surface area contributed by atoms with Crippen molar-refractivity contribution in [2.24, 2.45) is 0 Å². The van der Waals surface area contributed by atoms with E-state index in [1.54, 1.807) is 54.8 Å². The standard InChI is InChI=1S/C16H14O4/c17-15(13-6-2-1-3-7-13)12-16(18)20-11-5-9-14-8-4-10-19-14/h1-10H,11-12H2/b9-5+. The molecule has 0 atom stereocenters. The van der Waals surface area contributed by atoms with Gasteiger partial charge in [0.25, 0.3) is 0 Å². The first-order valence-corrected chi connectivity index (χ1v) is 6.19. The predicted molar refractivity (Wildman–Crippen MR) is 74.1 cm³/mol. The molecule has 4 heteroatoms. The quantitative estimate of drug-likeness (QED) is 0.460. The lowest BCUT2D eigenvalue weighted by molar-refractivity contribution is -0.141. The van der Waals surface area contributed by atoms with Crippen molar-refractivity contribution >= 4 is 17.8 Å². The van der Waals surface area contributed by atoms with Crippen LogP contribution in [-0.4, -0.2) is 18.4 Å². The Labute approximate surface area is 116 Å². The van der Waals surface area contributed by atoms with Crippen molar-refractivity contribution in [3.05, 3.63) is 66.1 Å². The SMILES string of the molecule is O=C(CC(=O)c1ccccc1)OC/C=C/c1ccco1. The van der Waals surface area contributed by atoms with Crippen molar-refractivity contribution in [2.75, 3.05) is 6.61 Å². The highest BCUT2D eigenvalue weighted by atomic mass is 16.5. The summed E-state index contributed by atoms with van der Waals surface area (Å²) in [6.07, 6.45) is 4.67. The van der Waals surface area contributed by atoms with E-state index in [-0.39, 0.29) is 18.8 Å². The molecule has 0 N–H and O–H groups in total. The number of hydrogen-bond acceptors (Lipinski definition) is 4. The minimum Gasteiger partial charge on any atom is -0.465 e. The summed E-state index contributed by atoms with van der Waals surface area (Å²) in [6.45, 7) is 0.113. The zero-order valence-corrected chi connectivity index (χ0v) is 10.8. The van der Waals surface area contributed by atoms with Crippen LogP contribution in [0.4, 0.5) is 0 Å². The van der Waals surface area contributed by atoms with Crippen LogP contribution in [0.1, 0.15) is 22.5 Å². The molecule has 0 spiro atoms. The van der Waals surface area contributed by atoms with Crippen LogP contribution in [0.2, 0.25) is 0 Å². The normalized spacial score (nSPS) is 10.6. The molecule has 1 aromatic carbocycles. The average molecular weight is 270 g/mol.